The maximum atomic E-state index is 13.5. The van der Waals surface area contributed by atoms with Crippen LogP contribution in [-0.4, -0.2) is 29.0 Å². The molecule has 1 aliphatic heterocycles. The van der Waals surface area contributed by atoms with Gasteiger partial charge >= 0.3 is 12.1 Å². The van der Waals surface area contributed by atoms with Crippen LogP contribution in [0.2, 0.25) is 0 Å². The molecule has 0 radical (unpaired) electrons. The average Bonchev–Trinajstić information content (AvgIpc) is 3.18. The lowest BCUT2D eigenvalue weighted by atomic mass is 10.0. The molecule has 2 atom stereocenters. The number of nitrogens with zero attached hydrogens (tertiary/aromatic N) is 2. The first-order valence-corrected chi connectivity index (χ1v) is 8.24. The fourth-order valence-electron chi connectivity index (χ4n) is 2.78. The molecule has 0 fully saturated rings. The molecule has 24 heavy (non-hydrogen) atoms. The van der Waals surface area contributed by atoms with Crippen molar-refractivity contribution in [3.05, 3.63) is 33.6 Å². The molecule has 9 heteroatoms. The Balaban J connectivity index is 2.03. The number of alkyl halides is 3. The molecule has 1 aliphatic rings. The molecular weight excluding hydrogens is 343 g/mol. The van der Waals surface area contributed by atoms with Gasteiger partial charge in [0.05, 0.1) is 19.3 Å². The van der Waals surface area contributed by atoms with Gasteiger partial charge < -0.3 is 10.1 Å². The standard InChI is InChI=1S/C15H16F3N3O2S/c1-3-8-4-5-11(24-8)10-6-12(15(16,17)18)21-13(20-10)9(7-19-21)14(22)23-2/h4-5,7,10,12,20H,3,6H2,1-2H3/t10-,12-/m1/s1. The molecule has 0 saturated carbocycles. The van der Waals surface area contributed by atoms with Crippen molar-refractivity contribution in [3.8, 4) is 0 Å². The van der Waals surface area contributed by atoms with E-state index in [0.29, 0.717) is 0 Å². The van der Waals surface area contributed by atoms with Crippen LogP contribution >= 0.6 is 11.3 Å². The maximum absolute atomic E-state index is 13.5. The van der Waals surface area contributed by atoms with Crippen LogP contribution in [0.15, 0.2) is 18.3 Å². The molecule has 130 valence electrons. The number of aromatic nitrogens is 2. The number of esters is 1. The van der Waals surface area contributed by atoms with Gasteiger partial charge in [0.15, 0.2) is 6.04 Å². The fraction of sp³-hybridized carbons (Fsp3) is 0.467. The van der Waals surface area contributed by atoms with E-state index in [0.717, 1.165) is 27.1 Å². The third-order valence-electron chi connectivity index (χ3n) is 4.02. The lowest BCUT2D eigenvalue weighted by Crippen LogP contribution is -2.35. The molecule has 1 N–H and O–H groups in total. The SMILES string of the molecule is CCc1ccc([C@H]2C[C@H](C(F)(F)F)n3ncc(C(=O)OC)c3N2)s1. The van der Waals surface area contributed by atoms with Gasteiger partial charge in [0.2, 0.25) is 0 Å². The highest BCUT2D eigenvalue weighted by Crippen LogP contribution is 2.45. The van der Waals surface area contributed by atoms with Gasteiger partial charge in [0.25, 0.3) is 0 Å². The van der Waals surface area contributed by atoms with Crippen molar-refractivity contribution in [1.82, 2.24) is 9.78 Å². The number of nitrogens with one attached hydrogen (secondary N) is 1. The van der Waals surface area contributed by atoms with Crippen LogP contribution in [0.1, 0.15) is 45.5 Å². The van der Waals surface area contributed by atoms with Crippen LogP contribution in [0.3, 0.4) is 0 Å². The summed E-state index contributed by atoms with van der Waals surface area (Å²) in [6.45, 7) is 1.99. The molecule has 3 rings (SSSR count). The summed E-state index contributed by atoms with van der Waals surface area (Å²) in [4.78, 5) is 13.7. The number of hydrogen-bond acceptors (Lipinski definition) is 5. The van der Waals surface area contributed by atoms with Gasteiger partial charge in [-0.1, -0.05) is 6.92 Å². The zero-order valence-corrected chi connectivity index (χ0v) is 13.9. The van der Waals surface area contributed by atoms with Gasteiger partial charge in [-0.25, -0.2) is 9.48 Å². The zero-order valence-electron chi connectivity index (χ0n) is 13.1. The Bertz CT molecular complexity index is 753. The molecule has 0 aliphatic carbocycles. The first-order chi connectivity index (χ1) is 11.3. The number of rotatable bonds is 3. The van der Waals surface area contributed by atoms with Crippen molar-refractivity contribution >= 4 is 23.1 Å². The number of hydrogen-bond donors (Lipinski definition) is 1. The number of anilines is 1. The van der Waals surface area contributed by atoms with Gasteiger partial charge in [0.1, 0.15) is 11.4 Å². The second-order valence-electron chi connectivity index (χ2n) is 5.49. The second kappa shape index (κ2) is 6.12. The molecule has 2 aromatic heterocycles. The van der Waals surface area contributed by atoms with Gasteiger partial charge in [-0.15, -0.1) is 11.3 Å². The topological polar surface area (TPSA) is 56.2 Å². The first-order valence-electron chi connectivity index (χ1n) is 7.42. The summed E-state index contributed by atoms with van der Waals surface area (Å²) in [6, 6.07) is 1.43. The number of methoxy groups -OCH3 is 1. The van der Waals surface area contributed by atoms with Crippen LogP contribution in [0.5, 0.6) is 0 Å². The lowest BCUT2D eigenvalue weighted by molar-refractivity contribution is -0.173. The monoisotopic (exact) mass is 359 g/mol. The van der Waals surface area contributed by atoms with Crippen molar-refractivity contribution in [3.63, 3.8) is 0 Å². The minimum absolute atomic E-state index is 0.00345. The molecule has 0 amide bonds. The van der Waals surface area contributed by atoms with E-state index in [-0.39, 0.29) is 17.8 Å². The summed E-state index contributed by atoms with van der Waals surface area (Å²) in [5.41, 5.74) is 0.00345. The number of fused-ring (bicyclic) bond motifs is 1. The molecular formula is C15H16F3N3O2S. The summed E-state index contributed by atoms with van der Waals surface area (Å²) in [7, 11) is 1.18. The Morgan fingerprint density at radius 2 is 2.25 bits per heavy atom. The van der Waals surface area contributed by atoms with Gasteiger partial charge in [-0.3, -0.25) is 0 Å². The van der Waals surface area contributed by atoms with E-state index in [1.165, 1.54) is 18.4 Å². The molecule has 0 unspecified atom stereocenters. The summed E-state index contributed by atoms with van der Waals surface area (Å²) in [5.74, 6) is -0.669. The van der Waals surface area contributed by atoms with Crippen LogP contribution in [0, 0.1) is 0 Å². The quantitative estimate of drug-likeness (QED) is 0.843. The van der Waals surface area contributed by atoms with Crippen molar-refractivity contribution < 1.29 is 22.7 Å². The number of aryl methyl sites for hydroxylation is 1. The molecule has 5 nitrogen and oxygen atoms in total. The first kappa shape index (κ1) is 16.8. The molecule has 0 aromatic carbocycles. The third-order valence-corrected chi connectivity index (χ3v) is 5.36. The predicted molar refractivity (Wildman–Crippen MR) is 83.3 cm³/mol. The normalized spacial score (nSPS) is 20.4. The van der Waals surface area contributed by atoms with E-state index >= 15 is 0 Å². The predicted octanol–water partition coefficient (Wildman–Crippen LogP) is 3.95. The van der Waals surface area contributed by atoms with Crippen molar-refractivity contribution in [2.75, 3.05) is 12.4 Å². The highest BCUT2D eigenvalue weighted by atomic mass is 32.1. The van der Waals surface area contributed by atoms with Crippen LogP contribution in [0.4, 0.5) is 19.0 Å². The molecule has 3 heterocycles. The van der Waals surface area contributed by atoms with Crippen molar-refractivity contribution in [2.24, 2.45) is 0 Å². The van der Waals surface area contributed by atoms with Crippen LogP contribution < -0.4 is 5.32 Å². The van der Waals surface area contributed by atoms with E-state index in [9.17, 15) is 18.0 Å². The zero-order chi connectivity index (χ0) is 17.5. The number of thiophene rings is 1. The summed E-state index contributed by atoms with van der Waals surface area (Å²) in [6.07, 6.45) is -2.70. The highest BCUT2D eigenvalue weighted by molar-refractivity contribution is 7.12. The number of halogens is 3. The van der Waals surface area contributed by atoms with E-state index < -0.39 is 24.2 Å². The number of carbonyl (C=O) groups excluding carboxylic acids is 1. The van der Waals surface area contributed by atoms with Gasteiger partial charge in [0, 0.05) is 16.2 Å². The fourth-order valence-corrected chi connectivity index (χ4v) is 3.80. The summed E-state index contributed by atoms with van der Waals surface area (Å²) in [5, 5.41) is 6.79. The van der Waals surface area contributed by atoms with Crippen molar-refractivity contribution in [1.29, 1.82) is 0 Å². The molecule has 2 aromatic rings. The Hall–Kier alpha value is -2.03. The van der Waals surface area contributed by atoms with Gasteiger partial charge in [-0.05, 0) is 18.6 Å². The lowest BCUT2D eigenvalue weighted by Gasteiger charge is -2.33. The molecule has 0 spiro atoms. The Morgan fingerprint density at radius 3 is 2.83 bits per heavy atom. The number of carbonyl (C=O) groups is 1. The smallest absolute Gasteiger partial charge is 0.410 e. The summed E-state index contributed by atoms with van der Waals surface area (Å²) >= 11 is 1.47. The average molecular weight is 359 g/mol. The van der Waals surface area contributed by atoms with E-state index in [1.807, 2.05) is 19.1 Å². The molecule has 0 bridgehead atoms. The van der Waals surface area contributed by atoms with E-state index in [2.05, 4.69) is 15.2 Å². The van der Waals surface area contributed by atoms with E-state index in [4.69, 9.17) is 0 Å². The molecule has 0 saturated heterocycles. The second-order valence-corrected chi connectivity index (χ2v) is 6.69. The number of ether oxygens (including phenoxy) is 1. The minimum Gasteiger partial charge on any atom is -0.465 e. The minimum atomic E-state index is -4.46. The third kappa shape index (κ3) is 2.88. The highest BCUT2D eigenvalue weighted by Gasteiger charge is 2.47. The van der Waals surface area contributed by atoms with E-state index in [1.54, 1.807) is 0 Å². The largest absolute Gasteiger partial charge is 0.465 e. The van der Waals surface area contributed by atoms with Crippen molar-refractivity contribution in [2.45, 2.75) is 38.0 Å². The van der Waals surface area contributed by atoms with Crippen LogP contribution in [-0.2, 0) is 11.2 Å². The Labute approximate surface area is 140 Å². The Morgan fingerprint density at radius 1 is 1.50 bits per heavy atom. The van der Waals surface area contributed by atoms with Crippen LogP contribution in [0.25, 0.3) is 0 Å². The Kier molecular flexibility index (Phi) is 4.29. The van der Waals surface area contributed by atoms with Gasteiger partial charge in [-0.2, -0.15) is 18.3 Å². The summed E-state index contributed by atoms with van der Waals surface area (Å²) < 4.78 is 45.9. The maximum Gasteiger partial charge on any atom is 0.410 e.